The van der Waals surface area contributed by atoms with Crippen LogP contribution in [-0.4, -0.2) is 4.98 Å². The number of oxazole rings is 1. The lowest BCUT2D eigenvalue weighted by atomic mass is 9.98. The van der Waals surface area contributed by atoms with Crippen LogP contribution in [0, 0.1) is 0 Å². The minimum atomic E-state index is 0.602. The van der Waals surface area contributed by atoms with Gasteiger partial charge in [-0.25, -0.2) is 4.98 Å². The highest BCUT2D eigenvalue weighted by atomic mass is 16.4. The molecule has 0 aliphatic rings. The molecule has 9 aromatic carbocycles. The van der Waals surface area contributed by atoms with Gasteiger partial charge in [0.1, 0.15) is 16.7 Å². The molecule has 2 heterocycles. The maximum Gasteiger partial charge on any atom is 0.227 e. The molecule has 0 saturated heterocycles. The van der Waals surface area contributed by atoms with E-state index in [0.29, 0.717) is 5.89 Å². The van der Waals surface area contributed by atoms with E-state index in [1.54, 1.807) is 0 Å². The summed E-state index contributed by atoms with van der Waals surface area (Å²) in [6.07, 6.45) is 0. The molecule has 0 unspecified atom stereocenters. The molecule has 11 rings (SSSR count). The van der Waals surface area contributed by atoms with Crippen LogP contribution in [0.4, 0.5) is 17.1 Å². The van der Waals surface area contributed by atoms with Gasteiger partial charge in [-0.3, -0.25) is 0 Å². The monoisotopic (exact) mass is 730 g/mol. The highest BCUT2D eigenvalue weighted by Crippen LogP contribution is 2.40. The molecule has 11 aromatic rings. The summed E-state index contributed by atoms with van der Waals surface area (Å²) in [4.78, 5) is 7.07. The van der Waals surface area contributed by atoms with E-state index in [-0.39, 0.29) is 0 Å². The fourth-order valence-corrected chi connectivity index (χ4v) is 8.03. The molecule has 0 fully saturated rings. The van der Waals surface area contributed by atoms with Crippen molar-refractivity contribution in [2.45, 2.75) is 0 Å². The molecule has 0 N–H and O–H groups in total. The fraction of sp³-hybridized carbons (Fsp3) is 0. The van der Waals surface area contributed by atoms with Gasteiger partial charge >= 0.3 is 0 Å². The summed E-state index contributed by atoms with van der Waals surface area (Å²) >= 11 is 0. The van der Waals surface area contributed by atoms with Crippen LogP contribution < -0.4 is 4.90 Å². The maximum atomic E-state index is 6.32. The lowest BCUT2D eigenvalue weighted by Crippen LogP contribution is -2.09. The van der Waals surface area contributed by atoms with Gasteiger partial charge in [-0.15, -0.1) is 0 Å². The minimum Gasteiger partial charge on any atom is -0.456 e. The quantitative estimate of drug-likeness (QED) is 0.164. The molecule has 0 amide bonds. The molecule has 0 aliphatic carbocycles. The fourth-order valence-electron chi connectivity index (χ4n) is 8.03. The van der Waals surface area contributed by atoms with Gasteiger partial charge in [0.05, 0.1) is 0 Å². The number of hydrogen-bond donors (Lipinski definition) is 0. The number of hydrogen-bond acceptors (Lipinski definition) is 4. The third-order valence-electron chi connectivity index (χ3n) is 10.9. The van der Waals surface area contributed by atoms with Gasteiger partial charge in [0.2, 0.25) is 5.89 Å². The minimum absolute atomic E-state index is 0.602. The summed E-state index contributed by atoms with van der Waals surface area (Å²) in [5.41, 5.74) is 14.3. The first-order chi connectivity index (χ1) is 28.2. The molecule has 0 atom stereocenters. The Balaban J connectivity index is 0.956. The average molecular weight is 731 g/mol. The highest BCUT2D eigenvalue weighted by Gasteiger charge is 2.17. The zero-order valence-corrected chi connectivity index (χ0v) is 30.8. The van der Waals surface area contributed by atoms with Crippen LogP contribution in [0.1, 0.15) is 0 Å². The van der Waals surface area contributed by atoms with Crippen LogP contribution in [-0.2, 0) is 0 Å². The van der Waals surface area contributed by atoms with Crippen LogP contribution in [0.25, 0.3) is 88.6 Å². The first-order valence-electron chi connectivity index (χ1n) is 19.2. The smallest absolute Gasteiger partial charge is 0.227 e. The Morgan fingerprint density at radius 2 is 0.877 bits per heavy atom. The van der Waals surface area contributed by atoms with E-state index in [2.05, 4.69) is 175 Å². The van der Waals surface area contributed by atoms with E-state index in [9.17, 15) is 0 Å². The third kappa shape index (κ3) is 5.92. The van der Waals surface area contributed by atoms with Crippen molar-refractivity contribution in [2.75, 3.05) is 4.90 Å². The Kier molecular flexibility index (Phi) is 7.78. The SMILES string of the molecule is c1ccc(-c2ccc(N(c3ccc(-c4ccc5oc6cc7nc(-c8ccccc8)oc7cc6c5c4)cc3)c3ccc(-c4cccc5ccccc45)cc3)cc2)cc1. The highest BCUT2D eigenvalue weighted by molar-refractivity contribution is 6.10. The van der Waals surface area contributed by atoms with Crippen molar-refractivity contribution in [3.63, 3.8) is 0 Å². The van der Waals surface area contributed by atoms with Crippen LogP contribution in [0.5, 0.6) is 0 Å². The number of anilines is 3. The van der Waals surface area contributed by atoms with E-state index < -0.39 is 0 Å². The van der Waals surface area contributed by atoms with Gasteiger partial charge in [-0.05, 0) is 111 Å². The Labute approximate surface area is 329 Å². The van der Waals surface area contributed by atoms with Crippen LogP contribution in [0.2, 0.25) is 0 Å². The van der Waals surface area contributed by atoms with Crippen molar-refractivity contribution < 1.29 is 8.83 Å². The standard InChI is InChI=1S/C53H34N2O2/c1-3-10-35(11-4-1)36-18-25-42(26-19-36)55(44-29-22-39(23-30-44)46-17-9-15-38-12-7-8-16-45(38)46)43-27-20-37(21-28-43)41-24-31-50-47(32-41)48-33-52-49(34-51(48)56-50)54-53(57-52)40-13-5-2-6-14-40/h1-34H. The zero-order valence-electron chi connectivity index (χ0n) is 30.8. The summed E-state index contributed by atoms with van der Waals surface area (Å²) in [5, 5.41) is 4.53. The molecule has 0 radical (unpaired) electrons. The van der Waals surface area contributed by atoms with Crippen molar-refractivity contribution in [3.05, 3.63) is 206 Å². The molecular formula is C53H34N2O2. The molecule has 4 nitrogen and oxygen atoms in total. The second kappa shape index (κ2) is 13.6. The Morgan fingerprint density at radius 3 is 1.58 bits per heavy atom. The zero-order chi connectivity index (χ0) is 37.7. The third-order valence-corrected chi connectivity index (χ3v) is 10.9. The van der Waals surface area contributed by atoms with Gasteiger partial charge in [0, 0.05) is 39.5 Å². The summed E-state index contributed by atoms with van der Waals surface area (Å²) < 4.78 is 12.5. The summed E-state index contributed by atoms with van der Waals surface area (Å²) in [7, 11) is 0. The summed E-state index contributed by atoms with van der Waals surface area (Å²) in [5.74, 6) is 0.602. The van der Waals surface area contributed by atoms with Crippen molar-refractivity contribution in [3.8, 4) is 44.8 Å². The van der Waals surface area contributed by atoms with Crippen molar-refractivity contribution >= 4 is 60.9 Å². The Morgan fingerprint density at radius 1 is 0.333 bits per heavy atom. The number of benzene rings is 9. The van der Waals surface area contributed by atoms with Crippen LogP contribution >= 0.6 is 0 Å². The predicted octanol–water partition coefficient (Wildman–Crippen LogP) is 15.0. The molecule has 4 heteroatoms. The van der Waals surface area contributed by atoms with Crippen LogP contribution in [0.3, 0.4) is 0 Å². The van der Waals surface area contributed by atoms with Crippen LogP contribution in [0.15, 0.2) is 215 Å². The molecule has 0 spiro atoms. The van der Waals surface area contributed by atoms with Crippen molar-refractivity contribution in [1.82, 2.24) is 4.98 Å². The lowest BCUT2D eigenvalue weighted by Gasteiger charge is -2.26. The predicted molar refractivity (Wildman–Crippen MR) is 235 cm³/mol. The van der Waals surface area contributed by atoms with E-state index in [1.807, 2.05) is 36.4 Å². The van der Waals surface area contributed by atoms with E-state index in [0.717, 1.165) is 66.8 Å². The molecule has 2 aromatic heterocycles. The second-order valence-corrected chi connectivity index (χ2v) is 14.4. The second-order valence-electron chi connectivity index (χ2n) is 14.4. The van der Waals surface area contributed by atoms with Gasteiger partial charge in [0.25, 0.3) is 0 Å². The van der Waals surface area contributed by atoms with Gasteiger partial charge < -0.3 is 13.7 Å². The van der Waals surface area contributed by atoms with Crippen molar-refractivity contribution in [1.29, 1.82) is 0 Å². The van der Waals surface area contributed by atoms with E-state index >= 15 is 0 Å². The normalized spacial score (nSPS) is 11.5. The molecule has 0 saturated carbocycles. The number of furan rings is 1. The first-order valence-corrected chi connectivity index (χ1v) is 19.2. The topological polar surface area (TPSA) is 42.4 Å². The number of rotatable bonds is 7. The molecule has 0 aliphatic heterocycles. The summed E-state index contributed by atoms with van der Waals surface area (Å²) in [6, 6.07) is 72.6. The lowest BCUT2D eigenvalue weighted by molar-refractivity contribution is 0.620. The maximum absolute atomic E-state index is 6.32. The average Bonchev–Trinajstić information content (AvgIpc) is 3.87. The van der Waals surface area contributed by atoms with E-state index in [1.165, 1.54) is 33.0 Å². The first kappa shape index (κ1) is 32.7. The van der Waals surface area contributed by atoms with Crippen molar-refractivity contribution in [2.24, 2.45) is 0 Å². The van der Waals surface area contributed by atoms with Gasteiger partial charge in [0.15, 0.2) is 5.58 Å². The number of fused-ring (bicyclic) bond motifs is 5. The molecule has 57 heavy (non-hydrogen) atoms. The molecule has 0 bridgehead atoms. The van der Waals surface area contributed by atoms with Gasteiger partial charge in [-0.2, -0.15) is 0 Å². The van der Waals surface area contributed by atoms with Gasteiger partial charge in [-0.1, -0.05) is 133 Å². The molecule has 268 valence electrons. The Hall–Kier alpha value is -7.69. The molecular weight excluding hydrogens is 697 g/mol. The number of nitrogens with zero attached hydrogens (tertiary/aromatic N) is 2. The number of aromatic nitrogens is 1. The van der Waals surface area contributed by atoms with E-state index in [4.69, 9.17) is 13.8 Å². The largest absolute Gasteiger partial charge is 0.456 e. The Bertz CT molecular complexity index is 3200. The summed E-state index contributed by atoms with van der Waals surface area (Å²) in [6.45, 7) is 0.